The van der Waals surface area contributed by atoms with Gasteiger partial charge in [0.2, 0.25) is 0 Å². The average molecular weight is 235 g/mol. The van der Waals surface area contributed by atoms with E-state index in [0.29, 0.717) is 31.8 Å². The maximum atomic E-state index is 12.2. The number of nitrogens with zero attached hydrogens (tertiary/aromatic N) is 2. The number of aromatic nitrogens is 1. The van der Waals surface area contributed by atoms with E-state index in [9.17, 15) is 4.79 Å². The summed E-state index contributed by atoms with van der Waals surface area (Å²) in [6.45, 7) is 4.20. The summed E-state index contributed by atoms with van der Waals surface area (Å²) in [6.07, 6.45) is 1.72. The van der Waals surface area contributed by atoms with Gasteiger partial charge in [-0.3, -0.25) is 9.78 Å². The van der Waals surface area contributed by atoms with Crippen LogP contribution in [0.3, 0.4) is 0 Å². The van der Waals surface area contributed by atoms with Crippen LogP contribution in [0.1, 0.15) is 23.0 Å². The zero-order valence-electron chi connectivity index (χ0n) is 9.93. The van der Waals surface area contributed by atoms with Gasteiger partial charge in [-0.2, -0.15) is 0 Å². The van der Waals surface area contributed by atoms with Gasteiger partial charge >= 0.3 is 0 Å². The predicted molar refractivity (Wildman–Crippen MR) is 63.4 cm³/mol. The summed E-state index contributed by atoms with van der Waals surface area (Å²) in [6, 6.07) is 3.48. The fourth-order valence-corrected chi connectivity index (χ4v) is 1.91. The summed E-state index contributed by atoms with van der Waals surface area (Å²) in [4.78, 5) is 18.1. The largest absolute Gasteiger partial charge is 0.375 e. The van der Waals surface area contributed by atoms with Crippen LogP contribution in [0.15, 0.2) is 18.3 Å². The van der Waals surface area contributed by atoms with E-state index in [2.05, 4.69) is 4.98 Å². The minimum absolute atomic E-state index is 0.0252. The summed E-state index contributed by atoms with van der Waals surface area (Å²) in [5.41, 5.74) is 6.89. The Balaban J connectivity index is 2.12. The molecular weight excluding hydrogens is 218 g/mol. The predicted octanol–water partition coefficient (Wildman–Crippen LogP) is 0.401. The fourth-order valence-electron chi connectivity index (χ4n) is 1.91. The lowest BCUT2D eigenvalue weighted by Gasteiger charge is -2.31. The number of pyridine rings is 1. The second kappa shape index (κ2) is 5.25. The Kier molecular flexibility index (Phi) is 3.71. The molecule has 0 radical (unpaired) electrons. The van der Waals surface area contributed by atoms with Crippen LogP contribution >= 0.6 is 0 Å². The Bertz CT molecular complexity index is 408. The van der Waals surface area contributed by atoms with E-state index in [4.69, 9.17) is 10.5 Å². The van der Waals surface area contributed by atoms with Gasteiger partial charge in [0.05, 0.1) is 18.4 Å². The van der Waals surface area contributed by atoms with Crippen LogP contribution in [0.2, 0.25) is 0 Å². The molecule has 1 aliphatic heterocycles. The molecule has 1 atom stereocenters. The van der Waals surface area contributed by atoms with Gasteiger partial charge in [-0.1, -0.05) is 0 Å². The molecule has 92 valence electrons. The van der Waals surface area contributed by atoms with Crippen LogP contribution in [-0.4, -0.2) is 41.6 Å². The molecule has 2 N–H and O–H groups in total. The number of nitrogens with two attached hydrogens (primary N) is 1. The van der Waals surface area contributed by atoms with Gasteiger partial charge in [0.25, 0.3) is 5.91 Å². The lowest BCUT2D eigenvalue weighted by atomic mass is 10.2. The van der Waals surface area contributed by atoms with Crippen molar-refractivity contribution < 1.29 is 9.53 Å². The molecule has 5 nitrogen and oxygen atoms in total. The minimum Gasteiger partial charge on any atom is -0.375 e. The third-order valence-electron chi connectivity index (χ3n) is 2.80. The van der Waals surface area contributed by atoms with Crippen LogP contribution in [-0.2, 0) is 11.3 Å². The Labute approximate surface area is 101 Å². The third kappa shape index (κ3) is 2.81. The maximum absolute atomic E-state index is 12.2. The van der Waals surface area contributed by atoms with Crippen molar-refractivity contribution in [3.63, 3.8) is 0 Å². The first kappa shape index (κ1) is 12.0. The molecule has 1 fully saturated rings. The van der Waals surface area contributed by atoms with Crippen LogP contribution in [0.5, 0.6) is 0 Å². The quantitative estimate of drug-likeness (QED) is 0.805. The number of carbonyl (C=O) groups is 1. The van der Waals surface area contributed by atoms with Gasteiger partial charge in [0.1, 0.15) is 0 Å². The van der Waals surface area contributed by atoms with E-state index in [1.807, 2.05) is 11.8 Å². The van der Waals surface area contributed by atoms with Crippen molar-refractivity contribution in [1.82, 2.24) is 9.88 Å². The van der Waals surface area contributed by atoms with Gasteiger partial charge in [-0.05, 0) is 19.1 Å². The molecule has 2 heterocycles. The highest BCUT2D eigenvalue weighted by Gasteiger charge is 2.22. The smallest absolute Gasteiger partial charge is 0.254 e. The standard InChI is InChI=1S/C12H17N3O2/c1-9-8-15(4-5-17-9)12(16)10-2-3-14-11(6-10)7-13/h2-3,6,9H,4-5,7-8,13H2,1H3. The molecule has 0 saturated carbocycles. The number of rotatable bonds is 2. The van der Waals surface area contributed by atoms with Gasteiger partial charge in [0, 0.05) is 31.4 Å². The zero-order valence-corrected chi connectivity index (χ0v) is 9.93. The third-order valence-corrected chi connectivity index (χ3v) is 2.80. The normalized spacial score (nSPS) is 20.4. The van der Waals surface area contributed by atoms with E-state index in [1.54, 1.807) is 18.3 Å². The Hall–Kier alpha value is -1.46. The van der Waals surface area contributed by atoms with Gasteiger partial charge in [-0.25, -0.2) is 0 Å². The van der Waals surface area contributed by atoms with Crippen molar-refractivity contribution in [1.29, 1.82) is 0 Å². The Morgan fingerprint density at radius 3 is 3.24 bits per heavy atom. The zero-order chi connectivity index (χ0) is 12.3. The molecule has 0 bridgehead atoms. The van der Waals surface area contributed by atoms with E-state index >= 15 is 0 Å². The highest BCUT2D eigenvalue weighted by molar-refractivity contribution is 5.94. The number of hydrogen-bond acceptors (Lipinski definition) is 4. The number of carbonyl (C=O) groups excluding carboxylic acids is 1. The first-order valence-electron chi connectivity index (χ1n) is 5.76. The molecule has 1 unspecified atom stereocenters. The van der Waals surface area contributed by atoms with E-state index in [1.165, 1.54) is 0 Å². The first-order valence-corrected chi connectivity index (χ1v) is 5.76. The molecule has 0 spiro atoms. The molecule has 0 aromatic carbocycles. The van der Waals surface area contributed by atoms with Crippen LogP contribution in [0.25, 0.3) is 0 Å². The molecule has 1 aliphatic rings. The number of hydrogen-bond donors (Lipinski definition) is 1. The van der Waals surface area contributed by atoms with Crippen molar-refractivity contribution in [3.05, 3.63) is 29.6 Å². The van der Waals surface area contributed by atoms with Gasteiger partial charge < -0.3 is 15.4 Å². The molecule has 0 aliphatic carbocycles. The molecule has 1 amide bonds. The lowest BCUT2D eigenvalue weighted by Crippen LogP contribution is -2.44. The second-order valence-corrected chi connectivity index (χ2v) is 4.17. The number of ether oxygens (including phenoxy) is 1. The molecule has 17 heavy (non-hydrogen) atoms. The molecular formula is C12H17N3O2. The van der Waals surface area contributed by atoms with Crippen LogP contribution in [0.4, 0.5) is 0 Å². The van der Waals surface area contributed by atoms with E-state index in [0.717, 1.165) is 5.69 Å². The number of morpholine rings is 1. The summed E-state index contributed by atoms with van der Waals surface area (Å²) in [7, 11) is 0. The number of amides is 1. The van der Waals surface area contributed by atoms with Crippen LogP contribution < -0.4 is 5.73 Å². The molecule has 2 rings (SSSR count). The highest BCUT2D eigenvalue weighted by atomic mass is 16.5. The molecule has 1 aromatic rings. The lowest BCUT2D eigenvalue weighted by molar-refractivity contribution is -0.0124. The van der Waals surface area contributed by atoms with Crippen LogP contribution in [0, 0.1) is 0 Å². The minimum atomic E-state index is 0.0252. The average Bonchev–Trinajstić information content (AvgIpc) is 2.38. The van der Waals surface area contributed by atoms with Gasteiger partial charge in [0.15, 0.2) is 0 Å². The van der Waals surface area contributed by atoms with Crippen molar-refractivity contribution in [2.75, 3.05) is 19.7 Å². The molecule has 1 saturated heterocycles. The SMILES string of the molecule is CC1CN(C(=O)c2ccnc(CN)c2)CCO1. The highest BCUT2D eigenvalue weighted by Crippen LogP contribution is 2.10. The van der Waals surface area contributed by atoms with E-state index in [-0.39, 0.29) is 12.0 Å². The Morgan fingerprint density at radius 2 is 2.53 bits per heavy atom. The summed E-state index contributed by atoms with van der Waals surface area (Å²) < 4.78 is 5.41. The first-order chi connectivity index (χ1) is 8.20. The van der Waals surface area contributed by atoms with Crippen molar-refractivity contribution >= 4 is 5.91 Å². The monoisotopic (exact) mass is 235 g/mol. The second-order valence-electron chi connectivity index (χ2n) is 4.17. The van der Waals surface area contributed by atoms with Gasteiger partial charge in [-0.15, -0.1) is 0 Å². The fraction of sp³-hybridized carbons (Fsp3) is 0.500. The summed E-state index contributed by atoms with van der Waals surface area (Å²) in [5.74, 6) is 0.0252. The van der Waals surface area contributed by atoms with Crippen molar-refractivity contribution in [2.45, 2.75) is 19.6 Å². The van der Waals surface area contributed by atoms with Crippen molar-refractivity contribution in [3.8, 4) is 0 Å². The summed E-state index contributed by atoms with van der Waals surface area (Å²) >= 11 is 0. The summed E-state index contributed by atoms with van der Waals surface area (Å²) in [5, 5.41) is 0. The maximum Gasteiger partial charge on any atom is 0.254 e. The molecule has 1 aromatic heterocycles. The molecule has 5 heteroatoms. The van der Waals surface area contributed by atoms with E-state index < -0.39 is 0 Å². The Morgan fingerprint density at radius 1 is 1.71 bits per heavy atom. The van der Waals surface area contributed by atoms with Crippen molar-refractivity contribution in [2.24, 2.45) is 5.73 Å². The topological polar surface area (TPSA) is 68.5 Å².